The first-order valence-corrected chi connectivity index (χ1v) is 6.68. The van der Waals surface area contributed by atoms with Gasteiger partial charge in [-0.05, 0) is 24.3 Å². The molecule has 0 amide bonds. The average molecular weight is 303 g/mol. The third-order valence-corrected chi connectivity index (χ3v) is 3.36. The van der Waals surface area contributed by atoms with Crippen LogP contribution in [0.2, 0.25) is 0 Å². The molecule has 6 heteroatoms. The summed E-state index contributed by atoms with van der Waals surface area (Å²) in [6, 6.07) is 14.4. The van der Waals surface area contributed by atoms with Crippen molar-refractivity contribution in [1.82, 2.24) is 0 Å². The van der Waals surface area contributed by atoms with Crippen molar-refractivity contribution in [3.8, 4) is 6.07 Å². The first-order chi connectivity index (χ1) is 11.1. The summed E-state index contributed by atoms with van der Waals surface area (Å²) < 4.78 is 0. The van der Waals surface area contributed by atoms with Crippen LogP contribution in [-0.2, 0) is 0 Å². The molecule has 0 aliphatic heterocycles. The van der Waals surface area contributed by atoms with E-state index in [1.54, 1.807) is 36.4 Å². The Bertz CT molecular complexity index is 1150. The SMILES string of the molecule is N#Cc1ccc(NN=c2c(=O)c(=O)c3ccccc3c2=O)cc1. The van der Waals surface area contributed by atoms with Gasteiger partial charge in [0.15, 0.2) is 5.36 Å². The molecule has 0 radical (unpaired) electrons. The third-order valence-electron chi connectivity index (χ3n) is 3.36. The molecule has 3 aromatic rings. The van der Waals surface area contributed by atoms with E-state index in [1.165, 1.54) is 12.1 Å². The molecule has 0 aromatic heterocycles. The molecule has 0 atom stereocenters. The van der Waals surface area contributed by atoms with E-state index in [4.69, 9.17) is 5.26 Å². The van der Waals surface area contributed by atoms with E-state index >= 15 is 0 Å². The second-order valence-electron chi connectivity index (χ2n) is 4.79. The normalized spacial score (nSPS) is 11.3. The molecule has 3 aromatic carbocycles. The highest BCUT2D eigenvalue weighted by atomic mass is 16.2. The van der Waals surface area contributed by atoms with Crippen LogP contribution in [0.1, 0.15) is 5.56 Å². The summed E-state index contributed by atoms with van der Waals surface area (Å²) in [5.74, 6) is 0. The molecule has 0 unspecified atom stereocenters. The summed E-state index contributed by atoms with van der Waals surface area (Å²) in [6.45, 7) is 0. The van der Waals surface area contributed by atoms with Gasteiger partial charge < -0.3 is 0 Å². The van der Waals surface area contributed by atoms with Crippen molar-refractivity contribution in [2.45, 2.75) is 0 Å². The van der Waals surface area contributed by atoms with E-state index in [-0.39, 0.29) is 10.8 Å². The fraction of sp³-hybridized carbons (Fsp3) is 0. The molecular weight excluding hydrogens is 294 g/mol. The van der Waals surface area contributed by atoms with Gasteiger partial charge >= 0.3 is 0 Å². The van der Waals surface area contributed by atoms with Crippen molar-refractivity contribution in [2.24, 2.45) is 5.10 Å². The molecule has 110 valence electrons. The van der Waals surface area contributed by atoms with Gasteiger partial charge in [0.2, 0.25) is 10.9 Å². The lowest BCUT2D eigenvalue weighted by Gasteiger charge is -1.99. The number of fused-ring (bicyclic) bond motifs is 1. The molecule has 0 aliphatic rings. The summed E-state index contributed by atoms with van der Waals surface area (Å²) in [6.07, 6.45) is 0. The van der Waals surface area contributed by atoms with Crippen molar-refractivity contribution in [3.63, 3.8) is 0 Å². The molecule has 23 heavy (non-hydrogen) atoms. The minimum atomic E-state index is -0.935. The van der Waals surface area contributed by atoms with Crippen molar-refractivity contribution in [3.05, 3.63) is 90.1 Å². The number of nitriles is 1. The van der Waals surface area contributed by atoms with E-state index in [2.05, 4.69) is 10.5 Å². The Morgan fingerprint density at radius 3 is 2.04 bits per heavy atom. The second-order valence-corrected chi connectivity index (χ2v) is 4.79. The first kappa shape index (κ1) is 14.4. The van der Waals surface area contributed by atoms with E-state index in [0.29, 0.717) is 11.3 Å². The van der Waals surface area contributed by atoms with Crippen LogP contribution in [-0.4, -0.2) is 0 Å². The largest absolute Gasteiger partial charge is 0.287 e. The minimum absolute atomic E-state index is 0.0971. The van der Waals surface area contributed by atoms with E-state index in [1.807, 2.05) is 6.07 Å². The summed E-state index contributed by atoms with van der Waals surface area (Å²) in [5.41, 5.74) is 1.25. The van der Waals surface area contributed by atoms with E-state index in [9.17, 15) is 14.4 Å². The Hall–Kier alpha value is -3.59. The van der Waals surface area contributed by atoms with Crippen LogP contribution in [0.3, 0.4) is 0 Å². The van der Waals surface area contributed by atoms with Crippen LogP contribution < -0.4 is 27.1 Å². The van der Waals surface area contributed by atoms with Gasteiger partial charge in [0.25, 0.3) is 5.43 Å². The zero-order valence-corrected chi connectivity index (χ0v) is 11.7. The van der Waals surface area contributed by atoms with Crippen molar-refractivity contribution in [2.75, 3.05) is 5.43 Å². The highest BCUT2D eigenvalue weighted by Gasteiger charge is 2.10. The molecule has 0 heterocycles. The Morgan fingerprint density at radius 1 is 0.826 bits per heavy atom. The number of nitrogens with one attached hydrogen (secondary N) is 1. The lowest BCUT2D eigenvalue weighted by molar-refractivity contribution is 1.17. The Kier molecular flexibility index (Phi) is 3.53. The second kappa shape index (κ2) is 5.66. The number of nitrogens with zero attached hydrogens (tertiary/aromatic N) is 2. The van der Waals surface area contributed by atoms with Crippen LogP contribution in [0.5, 0.6) is 0 Å². The van der Waals surface area contributed by atoms with Crippen molar-refractivity contribution >= 4 is 16.5 Å². The average Bonchev–Trinajstić information content (AvgIpc) is 2.60. The van der Waals surface area contributed by atoms with Crippen LogP contribution in [0.25, 0.3) is 10.8 Å². The zero-order chi connectivity index (χ0) is 16.4. The highest BCUT2D eigenvalue weighted by Crippen LogP contribution is 2.08. The standard InChI is InChI=1S/C17H9N3O3/c18-9-10-5-7-11(8-6-10)19-20-14-15(21)12-3-1-2-4-13(12)16(22)17(14)23/h1-8,19H. The van der Waals surface area contributed by atoms with Crippen LogP contribution in [0.4, 0.5) is 5.69 Å². The maximum absolute atomic E-state index is 12.3. The molecule has 0 fully saturated rings. The number of benzene rings is 3. The summed E-state index contributed by atoms with van der Waals surface area (Å²) in [5, 5.41) is 12.3. The summed E-state index contributed by atoms with van der Waals surface area (Å²) in [7, 11) is 0. The van der Waals surface area contributed by atoms with Gasteiger partial charge in [-0.3, -0.25) is 19.8 Å². The number of anilines is 1. The fourth-order valence-corrected chi connectivity index (χ4v) is 2.18. The topological polar surface area (TPSA) is 99.4 Å². The van der Waals surface area contributed by atoms with Gasteiger partial charge in [0.1, 0.15) is 0 Å². The molecule has 3 rings (SSSR count). The van der Waals surface area contributed by atoms with Gasteiger partial charge in [-0.25, -0.2) is 0 Å². The number of rotatable bonds is 2. The molecule has 0 spiro atoms. The van der Waals surface area contributed by atoms with Crippen LogP contribution in [0, 0.1) is 11.3 Å². The quantitative estimate of drug-likeness (QED) is 0.552. The van der Waals surface area contributed by atoms with E-state index < -0.39 is 21.6 Å². The van der Waals surface area contributed by atoms with Gasteiger partial charge in [-0.2, -0.15) is 10.4 Å². The maximum Gasteiger partial charge on any atom is 0.257 e. The lowest BCUT2D eigenvalue weighted by Crippen LogP contribution is -2.48. The monoisotopic (exact) mass is 303 g/mol. The molecule has 0 saturated heterocycles. The first-order valence-electron chi connectivity index (χ1n) is 6.68. The van der Waals surface area contributed by atoms with Crippen molar-refractivity contribution in [1.29, 1.82) is 5.26 Å². The molecular formula is C17H9N3O3. The summed E-state index contributed by atoms with van der Waals surface area (Å²) in [4.78, 5) is 36.4. The number of hydrogen-bond donors (Lipinski definition) is 1. The van der Waals surface area contributed by atoms with Crippen LogP contribution >= 0.6 is 0 Å². The molecule has 0 bridgehead atoms. The molecule has 6 nitrogen and oxygen atoms in total. The maximum atomic E-state index is 12.3. The predicted octanol–water partition coefficient (Wildman–Crippen LogP) is 0.595. The summed E-state index contributed by atoms with van der Waals surface area (Å²) >= 11 is 0. The molecule has 0 saturated carbocycles. The van der Waals surface area contributed by atoms with Gasteiger partial charge in [-0.1, -0.05) is 24.3 Å². The lowest BCUT2D eigenvalue weighted by atomic mass is 10.1. The highest BCUT2D eigenvalue weighted by molar-refractivity contribution is 5.81. The number of hydrogen-bond acceptors (Lipinski definition) is 6. The van der Waals surface area contributed by atoms with E-state index in [0.717, 1.165) is 0 Å². The Labute approximate surface area is 129 Å². The van der Waals surface area contributed by atoms with Crippen LogP contribution in [0.15, 0.2) is 68.0 Å². The minimum Gasteiger partial charge on any atom is -0.287 e. The van der Waals surface area contributed by atoms with Crippen molar-refractivity contribution < 1.29 is 0 Å². The third kappa shape index (κ3) is 2.51. The fourth-order valence-electron chi connectivity index (χ4n) is 2.18. The van der Waals surface area contributed by atoms with Gasteiger partial charge in [0.05, 0.1) is 17.3 Å². The smallest absolute Gasteiger partial charge is 0.257 e. The van der Waals surface area contributed by atoms with Gasteiger partial charge in [0, 0.05) is 10.8 Å². The zero-order valence-electron chi connectivity index (χ0n) is 11.7. The molecule has 1 N–H and O–H groups in total. The molecule has 0 aliphatic carbocycles. The Morgan fingerprint density at radius 2 is 1.43 bits per heavy atom. The van der Waals surface area contributed by atoms with Gasteiger partial charge in [-0.15, -0.1) is 0 Å². The Balaban J connectivity index is 2.16. The predicted molar refractivity (Wildman–Crippen MR) is 85.5 cm³/mol.